The van der Waals surface area contributed by atoms with Gasteiger partial charge in [0.15, 0.2) is 5.82 Å². The van der Waals surface area contributed by atoms with Crippen LogP contribution in [-0.2, 0) is 12.5 Å². The maximum absolute atomic E-state index is 12.3. The average Bonchev–Trinajstić information content (AvgIpc) is 2.90. The summed E-state index contributed by atoms with van der Waals surface area (Å²) in [4.78, 5) is 23.5. The quantitative estimate of drug-likeness (QED) is 0.721. The summed E-state index contributed by atoms with van der Waals surface area (Å²) in [6.07, 6.45) is 3.36. The van der Waals surface area contributed by atoms with Crippen LogP contribution in [-0.4, -0.2) is 32.2 Å². The number of aryl methyl sites for hydroxylation is 1. The third kappa shape index (κ3) is 2.52. The Hall–Kier alpha value is -2.63. The van der Waals surface area contributed by atoms with Crippen molar-refractivity contribution >= 4 is 16.9 Å². The van der Waals surface area contributed by atoms with E-state index in [2.05, 4.69) is 48.5 Å². The zero-order chi connectivity index (χ0) is 17.8. The predicted molar refractivity (Wildman–Crippen MR) is 99.2 cm³/mol. The Morgan fingerprint density at radius 1 is 1.16 bits per heavy atom. The van der Waals surface area contributed by atoms with Crippen LogP contribution in [0.2, 0.25) is 0 Å². The zero-order valence-corrected chi connectivity index (χ0v) is 15.1. The van der Waals surface area contributed by atoms with Crippen LogP contribution in [0.3, 0.4) is 0 Å². The Labute approximate surface area is 146 Å². The molecule has 2 aromatic heterocycles. The summed E-state index contributed by atoms with van der Waals surface area (Å²) in [5.74, 6) is 1.62. The number of rotatable bonds is 2. The van der Waals surface area contributed by atoms with Gasteiger partial charge in [0, 0.05) is 37.9 Å². The summed E-state index contributed by atoms with van der Waals surface area (Å²) in [6, 6.07) is 8.56. The van der Waals surface area contributed by atoms with Crippen LogP contribution < -0.4 is 10.5 Å². The number of hydrogen-bond donors (Lipinski definition) is 0. The van der Waals surface area contributed by atoms with Gasteiger partial charge in [0.05, 0.1) is 17.1 Å². The lowest BCUT2D eigenvalue weighted by Gasteiger charge is -2.42. The van der Waals surface area contributed by atoms with Crippen molar-refractivity contribution in [2.24, 2.45) is 7.05 Å². The van der Waals surface area contributed by atoms with E-state index in [0.29, 0.717) is 11.9 Å². The largest absolute Gasteiger partial charge is 0.348 e. The average molecular weight is 337 g/mol. The lowest BCUT2D eigenvalue weighted by molar-refractivity contribution is 0.370. The Bertz CT molecular complexity index is 989. The normalized spacial score (nSPS) is 15.6. The van der Waals surface area contributed by atoms with Gasteiger partial charge < -0.3 is 14.0 Å². The fourth-order valence-corrected chi connectivity index (χ4v) is 3.44. The second kappa shape index (κ2) is 5.44. The molecular weight excluding hydrogens is 314 g/mol. The number of imidazole rings is 1. The van der Waals surface area contributed by atoms with Gasteiger partial charge in [-0.2, -0.15) is 0 Å². The summed E-state index contributed by atoms with van der Waals surface area (Å²) < 4.78 is 3.92. The number of anilines is 1. The van der Waals surface area contributed by atoms with Crippen molar-refractivity contribution in [3.63, 3.8) is 0 Å². The molecule has 0 saturated carbocycles. The third-order valence-corrected chi connectivity index (χ3v) is 4.79. The van der Waals surface area contributed by atoms with Crippen molar-refractivity contribution in [2.75, 3.05) is 18.0 Å². The smallest absolute Gasteiger partial charge is 0.293 e. The molecule has 0 amide bonds. The van der Waals surface area contributed by atoms with Gasteiger partial charge in [-0.25, -0.2) is 9.97 Å². The summed E-state index contributed by atoms with van der Waals surface area (Å²) in [6.45, 7) is 8.12. The minimum Gasteiger partial charge on any atom is -0.348 e. The second-order valence-electron chi connectivity index (χ2n) is 7.77. The second-order valence-corrected chi connectivity index (χ2v) is 7.77. The van der Waals surface area contributed by atoms with E-state index in [9.17, 15) is 4.79 Å². The van der Waals surface area contributed by atoms with Crippen LogP contribution in [0.15, 0.2) is 41.5 Å². The van der Waals surface area contributed by atoms with Gasteiger partial charge in [-0.15, -0.1) is 0 Å². The molecule has 1 aliphatic rings. The van der Waals surface area contributed by atoms with Crippen LogP contribution in [0.25, 0.3) is 11.0 Å². The van der Waals surface area contributed by atoms with Crippen molar-refractivity contribution in [1.29, 1.82) is 0 Å². The highest BCUT2D eigenvalue weighted by atomic mass is 16.1. The van der Waals surface area contributed by atoms with Crippen LogP contribution >= 0.6 is 0 Å². The molecule has 130 valence electrons. The molecule has 1 fully saturated rings. The Balaban J connectivity index is 1.71. The number of aromatic nitrogens is 4. The Morgan fingerprint density at radius 2 is 1.88 bits per heavy atom. The predicted octanol–water partition coefficient (Wildman–Crippen LogP) is 2.49. The standard InChI is InChI=1S/C19H23N5O/c1-19(2,3)18-21-14-7-5-6-8-15(14)24(18)13-11-23(12-13)16-17(25)22(4)10-9-20-16/h5-10,13H,11-12H2,1-4H3. The highest BCUT2D eigenvalue weighted by Crippen LogP contribution is 2.34. The Morgan fingerprint density at radius 3 is 2.60 bits per heavy atom. The lowest BCUT2D eigenvalue weighted by atomic mass is 9.94. The first-order chi connectivity index (χ1) is 11.9. The molecule has 1 aromatic carbocycles. The minimum absolute atomic E-state index is 0.0411. The SMILES string of the molecule is Cn1ccnc(N2CC(n3c(C(C)(C)C)nc4ccccc43)C2)c1=O. The van der Waals surface area contributed by atoms with Gasteiger partial charge in [0.2, 0.25) is 0 Å². The number of para-hydroxylation sites is 2. The van der Waals surface area contributed by atoms with Crippen LogP contribution in [0.1, 0.15) is 32.6 Å². The number of hydrogen-bond acceptors (Lipinski definition) is 4. The van der Waals surface area contributed by atoms with Crippen molar-refractivity contribution in [3.8, 4) is 0 Å². The Kier molecular flexibility index (Phi) is 3.45. The van der Waals surface area contributed by atoms with Gasteiger partial charge in [-0.3, -0.25) is 4.79 Å². The van der Waals surface area contributed by atoms with E-state index in [-0.39, 0.29) is 11.0 Å². The topological polar surface area (TPSA) is 56.0 Å². The number of benzene rings is 1. The molecule has 0 bridgehead atoms. The molecule has 4 rings (SSSR count). The first-order valence-electron chi connectivity index (χ1n) is 8.60. The highest BCUT2D eigenvalue weighted by Gasteiger charge is 2.35. The van der Waals surface area contributed by atoms with E-state index in [1.54, 1.807) is 24.0 Å². The summed E-state index contributed by atoms with van der Waals surface area (Å²) >= 11 is 0. The fourth-order valence-electron chi connectivity index (χ4n) is 3.44. The summed E-state index contributed by atoms with van der Waals surface area (Å²) in [5, 5.41) is 0. The molecule has 6 nitrogen and oxygen atoms in total. The summed E-state index contributed by atoms with van der Waals surface area (Å²) in [7, 11) is 1.76. The molecule has 0 atom stereocenters. The lowest BCUT2D eigenvalue weighted by Crippen LogP contribution is -2.51. The molecule has 1 saturated heterocycles. The monoisotopic (exact) mass is 337 g/mol. The van der Waals surface area contributed by atoms with Crippen molar-refractivity contribution in [3.05, 3.63) is 52.8 Å². The van der Waals surface area contributed by atoms with E-state index in [1.807, 2.05) is 11.0 Å². The molecule has 3 heterocycles. The van der Waals surface area contributed by atoms with Crippen molar-refractivity contribution < 1.29 is 0 Å². The maximum Gasteiger partial charge on any atom is 0.293 e. The minimum atomic E-state index is -0.0486. The summed E-state index contributed by atoms with van der Waals surface area (Å²) in [5.41, 5.74) is 2.10. The van der Waals surface area contributed by atoms with Gasteiger partial charge in [0.25, 0.3) is 5.56 Å². The molecular formula is C19H23N5O. The molecule has 0 unspecified atom stereocenters. The molecule has 0 N–H and O–H groups in total. The molecule has 0 radical (unpaired) electrons. The molecule has 0 spiro atoms. The molecule has 1 aliphatic heterocycles. The van der Waals surface area contributed by atoms with Crippen molar-refractivity contribution in [1.82, 2.24) is 19.1 Å². The number of nitrogens with zero attached hydrogens (tertiary/aromatic N) is 5. The van der Waals surface area contributed by atoms with Crippen LogP contribution in [0.4, 0.5) is 5.82 Å². The maximum atomic E-state index is 12.3. The van der Waals surface area contributed by atoms with Gasteiger partial charge >= 0.3 is 0 Å². The third-order valence-electron chi connectivity index (χ3n) is 4.79. The fraction of sp³-hybridized carbons (Fsp3) is 0.421. The van der Waals surface area contributed by atoms with E-state index in [0.717, 1.165) is 29.9 Å². The van der Waals surface area contributed by atoms with Gasteiger partial charge in [-0.05, 0) is 12.1 Å². The van der Waals surface area contributed by atoms with Crippen molar-refractivity contribution in [2.45, 2.75) is 32.2 Å². The molecule has 0 aliphatic carbocycles. The van der Waals surface area contributed by atoms with E-state index in [4.69, 9.17) is 4.98 Å². The van der Waals surface area contributed by atoms with E-state index < -0.39 is 0 Å². The highest BCUT2D eigenvalue weighted by molar-refractivity contribution is 5.76. The van der Waals surface area contributed by atoms with Gasteiger partial charge in [-0.1, -0.05) is 32.9 Å². The molecule has 3 aromatic rings. The van der Waals surface area contributed by atoms with E-state index >= 15 is 0 Å². The van der Waals surface area contributed by atoms with E-state index in [1.165, 1.54) is 0 Å². The van der Waals surface area contributed by atoms with Crippen LogP contribution in [0, 0.1) is 0 Å². The van der Waals surface area contributed by atoms with Crippen LogP contribution in [0.5, 0.6) is 0 Å². The zero-order valence-electron chi connectivity index (χ0n) is 15.1. The molecule has 25 heavy (non-hydrogen) atoms. The first-order valence-corrected chi connectivity index (χ1v) is 8.60. The number of fused-ring (bicyclic) bond motifs is 1. The molecule has 6 heteroatoms. The first kappa shape index (κ1) is 15.9. The van der Waals surface area contributed by atoms with Gasteiger partial charge in [0.1, 0.15) is 5.82 Å².